The summed E-state index contributed by atoms with van der Waals surface area (Å²) in [5.41, 5.74) is 3.11. The molecule has 26 heavy (non-hydrogen) atoms. The number of amides is 2. The predicted molar refractivity (Wildman–Crippen MR) is 100 cm³/mol. The molecule has 0 bridgehead atoms. The number of rotatable bonds is 5. The molecule has 2 aromatic carbocycles. The Morgan fingerprint density at radius 2 is 1.88 bits per heavy atom. The van der Waals surface area contributed by atoms with Crippen molar-refractivity contribution in [3.8, 4) is 0 Å². The highest BCUT2D eigenvalue weighted by Crippen LogP contribution is 2.19. The number of aromatic amines is 1. The number of nitrogens with one attached hydrogen (secondary N) is 2. The summed E-state index contributed by atoms with van der Waals surface area (Å²) in [6.45, 7) is 1.15. The number of hydrogen-bond acceptors (Lipinski definition) is 2. The molecule has 132 valence electrons. The van der Waals surface area contributed by atoms with E-state index < -0.39 is 0 Å². The van der Waals surface area contributed by atoms with Crippen LogP contribution in [0.3, 0.4) is 0 Å². The van der Waals surface area contributed by atoms with Crippen LogP contribution in [-0.4, -0.2) is 34.3 Å². The second-order valence-corrected chi connectivity index (χ2v) is 6.76. The van der Waals surface area contributed by atoms with Crippen LogP contribution in [0, 0.1) is 0 Å². The third-order valence-corrected chi connectivity index (χ3v) is 4.82. The maximum atomic E-state index is 12.4. The van der Waals surface area contributed by atoms with Gasteiger partial charge < -0.3 is 15.2 Å². The largest absolute Gasteiger partial charge is 0.361 e. The van der Waals surface area contributed by atoms with Crippen molar-refractivity contribution in [3.63, 3.8) is 0 Å². The molecule has 1 fully saturated rings. The van der Waals surface area contributed by atoms with Crippen molar-refractivity contribution >= 4 is 22.7 Å². The molecule has 0 aliphatic carbocycles. The summed E-state index contributed by atoms with van der Waals surface area (Å²) in [6.07, 6.45) is 2.56. The average molecular weight is 347 g/mol. The lowest BCUT2D eigenvalue weighted by Crippen LogP contribution is -2.37. The highest BCUT2D eigenvalue weighted by atomic mass is 16.2. The summed E-state index contributed by atoms with van der Waals surface area (Å²) in [7, 11) is 0. The van der Waals surface area contributed by atoms with Gasteiger partial charge in [0.15, 0.2) is 0 Å². The third-order valence-electron chi connectivity index (χ3n) is 4.82. The molecule has 2 heterocycles. The predicted octanol–water partition coefficient (Wildman–Crippen LogP) is 2.63. The number of fused-ring (bicyclic) bond motifs is 1. The Morgan fingerprint density at radius 3 is 2.73 bits per heavy atom. The van der Waals surface area contributed by atoms with Gasteiger partial charge in [0.05, 0.1) is 12.5 Å². The summed E-state index contributed by atoms with van der Waals surface area (Å²) in [4.78, 5) is 29.7. The van der Waals surface area contributed by atoms with Gasteiger partial charge in [0.2, 0.25) is 11.8 Å². The highest BCUT2D eigenvalue weighted by molar-refractivity contribution is 5.89. The SMILES string of the molecule is O=C(Cc1c[nH]c2ccccc12)NC1CC(=O)N(Cc2ccccc2)C1. The topological polar surface area (TPSA) is 65.2 Å². The number of likely N-dealkylation sites (tertiary alicyclic amines) is 1. The Hall–Kier alpha value is -3.08. The number of hydrogen-bond donors (Lipinski definition) is 2. The van der Waals surface area contributed by atoms with E-state index in [1.165, 1.54) is 0 Å². The molecule has 0 radical (unpaired) electrons. The van der Waals surface area contributed by atoms with Crippen LogP contribution >= 0.6 is 0 Å². The molecule has 1 aliphatic heterocycles. The minimum Gasteiger partial charge on any atom is -0.361 e. The fourth-order valence-corrected chi connectivity index (χ4v) is 3.56. The summed E-state index contributed by atoms with van der Waals surface area (Å²) in [5.74, 6) is 0.0420. The van der Waals surface area contributed by atoms with Gasteiger partial charge in [-0.05, 0) is 17.2 Å². The minimum absolute atomic E-state index is 0.0471. The van der Waals surface area contributed by atoms with E-state index in [0.29, 0.717) is 25.9 Å². The van der Waals surface area contributed by atoms with Gasteiger partial charge in [0.25, 0.3) is 0 Å². The van der Waals surface area contributed by atoms with Crippen molar-refractivity contribution in [1.29, 1.82) is 0 Å². The van der Waals surface area contributed by atoms with Gasteiger partial charge in [-0.1, -0.05) is 48.5 Å². The van der Waals surface area contributed by atoms with E-state index in [1.807, 2.05) is 65.7 Å². The van der Waals surface area contributed by atoms with E-state index in [9.17, 15) is 9.59 Å². The normalized spacial score (nSPS) is 17.0. The third kappa shape index (κ3) is 3.47. The van der Waals surface area contributed by atoms with E-state index in [-0.39, 0.29) is 17.9 Å². The van der Waals surface area contributed by atoms with Crippen LogP contribution in [0.25, 0.3) is 10.9 Å². The molecular formula is C21H21N3O2. The fraction of sp³-hybridized carbons (Fsp3) is 0.238. The van der Waals surface area contributed by atoms with E-state index in [4.69, 9.17) is 0 Å². The molecule has 1 atom stereocenters. The van der Waals surface area contributed by atoms with Crippen LogP contribution in [0.15, 0.2) is 60.8 Å². The maximum absolute atomic E-state index is 12.4. The smallest absolute Gasteiger partial charge is 0.225 e. The lowest BCUT2D eigenvalue weighted by Gasteiger charge is -2.17. The van der Waals surface area contributed by atoms with Crippen molar-refractivity contribution in [2.24, 2.45) is 0 Å². The molecule has 1 saturated heterocycles. The van der Waals surface area contributed by atoms with Gasteiger partial charge >= 0.3 is 0 Å². The molecule has 0 saturated carbocycles. The Bertz CT molecular complexity index is 933. The first kappa shape index (κ1) is 16.4. The van der Waals surface area contributed by atoms with Crippen LogP contribution in [-0.2, 0) is 22.6 Å². The standard InChI is InChI=1S/C21H21N3O2/c25-20(10-16-12-22-19-9-5-4-8-18(16)19)23-17-11-21(26)24(14-17)13-15-6-2-1-3-7-15/h1-9,12,17,22H,10-11,13-14H2,(H,23,25). The van der Waals surface area contributed by atoms with Crippen molar-refractivity contribution in [3.05, 3.63) is 71.9 Å². The highest BCUT2D eigenvalue weighted by Gasteiger charge is 2.30. The van der Waals surface area contributed by atoms with Crippen molar-refractivity contribution in [2.75, 3.05) is 6.54 Å². The van der Waals surface area contributed by atoms with Gasteiger partial charge in [0, 0.05) is 36.6 Å². The molecular weight excluding hydrogens is 326 g/mol. The lowest BCUT2D eigenvalue weighted by atomic mass is 10.1. The van der Waals surface area contributed by atoms with Crippen molar-refractivity contribution < 1.29 is 9.59 Å². The molecule has 4 rings (SSSR count). The van der Waals surface area contributed by atoms with Gasteiger partial charge in [-0.2, -0.15) is 0 Å². The van der Waals surface area contributed by atoms with Crippen molar-refractivity contribution in [2.45, 2.75) is 25.4 Å². The summed E-state index contributed by atoms with van der Waals surface area (Å²) < 4.78 is 0. The lowest BCUT2D eigenvalue weighted by molar-refractivity contribution is -0.128. The fourth-order valence-electron chi connectivity index (χ4n) is 3.56. The number of carbonyl (C=O) groups excluding carboxylic acids is 2. The minimum atomic E-state index is -0.121. The molecule has 2 amide bonds. The van der Waals surface area contributed by atoms with Gasteiger partial charge in [-0.15, -0.1) is 0 Å². The zero-order valence-electron chi connectivity index (χ0n) is 14.4. The zero-order chi connectivity index (χ0) is 17.9. The molecule has 0 spiro atoms. The number of H-pyrrole nitrogens is 1. The summed E-state index contributed by atoms with van der Waals surface area (Å²) >= 11 is 0. The number of benzene rings is 2. The van der Waals surface area contributed by atoms with Gasteiger partial charge in [-0.3, -0.25) is 9.59 Å². The molecule has 1 aromatic heterocycles. The Morgan fingerprint density at radius 1 is 1.12 bits per heavy atom. The summed E-state index contributed by atoms with van der Waals surface area (Å²) in [5, 5.41) is 4.08. The van der Waals surface area contributed by atoms with E-state index in [2.05, 4.69) is 10.3 Å². The second-order valence-electron chi connectivity index (χ2n) is 6.76. The first-order valence-corrected chi connectivity index (χ1v) is 8.85. The molecule has 3 aromatic rings. The molecule has 5 nitrogen and oxygen atoms in total. The van der Waals surface area contributed by atoms with Crippen LogP contribution in [0.4, 0.5) is 0 Å². The van der Waals surface area contributed by atoms with E-state index >= 15 is 0 Å². The number of aromatic nitrogens is 1. The molecule has 1 unspecified atom stereocenters. The summed E-state index contributed by atoms with van der Waals surface area (Å²) in [6, 6.07) is 17.7. The first-order chi connectivity index (χ1) is 12.7. The van der Waals surface area contributed by atoms with Gasteiger partial charge in [-0.25, -0.2) is 0 Å². The monoisotopic (exact) mass is 347 g/mol. The van der Waals surface area contributed by atoms with Crippen LogP contribution in [0.1, 0.15) is 17.5 Å². The molecule has 5 heteroatoms. The quantitative estimate of drug-likeness (QED) is 0.745. The number of para-hydroxylation sites is 1. The second kappa shape index (κ2) is 7.04. The van der Waals surface area contributed by atoms with Gasteiger partial charge in [0.1, 0.15) is 0 Å². The number of carbonyl (C=O) groups is 2. The van der Waals surface area contributed by atoms with E-state index in [0.717, 1.165) is 22.0 Å². The Kier molecular flexibility index (Phi) is 4.44. The van der Waals surface area contributed by atoms with E-state index in [1.54, 1.807) is 0 Å². The molecule has 2 N–H and O–H groups in total. The van der Waals surface area contributed by atoms with Crippen molar-refractivity contribution in [1.82, 2.24) is 15.2 Å². The average Bonchev–Trinajstić information content (AvgIpc) is 3.20. The van der Waals surface area contributed by atoms with Crippen LogP contribution in [0.5, 0.6) is 0 Å². The number of nitrogens with zero attached hydrogens (tertiary/aromatic N) is 1. The van der Waals surface area contributed by atoms with Crippen LogP contribution in [0.2, 0.25) is 0 Å². The maximum Gasteiger partial charge on any atom is 0.225 e. The zero-order valence-corrected chi connectivity index (χ0v) is 14.4. The Labute approximate surface area is 152 Å². The Balaban J connectivity index is 1.35. The first-order valence-electron chi connectivity index (χ1n) is 8.85. The van der Waals surface area contributed by atoms with Crippen LogP contribution < -0.4 is 5.32 Å². The molecule has 1 aliphatic rings.